The number of unbranched alkanes of at least 4 members (excludes halogenated alkanes) is 9. The molecule has 0 aromatic rings. The van der Waals surface area contributed by atoms with Crippen LogP contribution < -0.4 is 5.73 Å². The van der Waals surface area contributed by atoms with Crippen LogP contribution >= 0.6 is 34.0 Å². The summed E-state index contributed by atoms with van der Waals surface area (Å²) in [5.41, 5.74) is 5.11. The number of hydrogen-bond donors (Lipinski definition) is 1. The molecule has 0 aromatic heterocycles. The summed E-state index contributed by atoms with van der Waals surface area (Å²) >= 11 is 0. The maximum atomic E-state index is 5.11. The van der Waals surface area contributed by atoms with Gasteiger partial charge in [0.15, 0.2) is 0 Å². The molecule has 0 aromatic carbocycles. The third-order valence-electron chi connectivity index (χ3n) is 3.62. The standard InChI is InChI=1S/C14H31N.C3H7NO.2BrH/c1-4-5-6-7-8-9-10-11-12-13-14-15(2)3;4-1-3-2-5-3;;/h4-14H2,1-3H3;3H,1-2,4H2;2*1H. The Hall–Kier alpha value is 0.840. The maximum absolute atomic E-state index is 5.11. The van der Waals surface area contributed by atoms with Gasteiger partial charge in [0.1, 0.15) is 0 Å². The molecule has 0 saturated carbocycles. The fourth-order valence-corrected chi connectivity index (χ4v) is 2.12. The Morgan fingerprint density at radius 1 is 0.864 bits per heavy atom. The fourth-order valence-electron chi connectivity index (χ4n) is 2.12. The average Bonchev–Trinajstić information content (AvgIpc) is 3.25. The molecule has 0 bridgehead atoms. The zero-order chi connectivity index (χ0) is 15.1. The summed E-state index contributed by atoms with van der Waals surface area (Å²) in [5.74, 6) is 0. The monoisotopic (exact) mass is 446 g/mol. The summed E-state index contributed by atoms with van der Waals surface area (Å²) in [5, 5.41) is 0. The predicted molar refractivity (Wildman–Crippen MR) is 110 cm³/mol. The first-order chi connectivity index (χ1) is 9.70. The van der Waals surface area contributed by atoms with Crippen molar-refractivity contribution in [3.63, 3.8) is 0 Å². The van der Waals surface area contributed by atoms with Crippen molar-refractivity contribution in [1.29, 1.82) is 0 Å². The predicted octanol–water partition coefficient (Wildman–Crippen LogP) is 4.97. The van der Waals surface area contributed by atoms with Gasteiger partial charge in [0.25, 0.3) is 0 Å². The zero-order valence-corrected chi connectivity index (χ0v) is 18.4. The van der Waals surface area contributed by atoms with Crippen LogP contribution in [0, 0.1) is 0 Å². The molecule has 1 unspecified atom stereocenters. The van der Waals surface area contributed by atoms with Crippen LogP contribution in [0.3, 0.4) is 0 Å². The van der Waals surface area contributed by atoms with E-state index >= 15 is 0 Å². The quantitative estimate of drug-likeness (QED) is 0.339. The van der Waals surface area contributed by atoms with Gasteiger partial charge in [-0.1, -0.05) is 64.7 Å². The number of nitrogens with zero attached hydrogens (tertiary/aromatic N) is 1. The van der Waals surface area contributed by atoms with E-state index in [1.807, 2.05) is 0 Å². The topological polar surface area (TPSA) is 41.8 Å². The molecule has 1 aliphatic heterocycles. The average molecular weight is 448 g/mol. The van der Waals surface area contributed by atoms with Crippen LogP contribution in [0.1, 0.15) is 71.1 Å². The summed E-state index contributed by atoms with van der Waals surface area (Å²) < 4.78 is 4.73. The minimum Gasteiger partial charge on any atom is -0.372 e. The Labute approximate surface area is 160 Å². The molecule has 2 N–H and O–H groups in total. The molecule has 0 amide bonds. The SMILES string of the molecule is Br.Br.CCCCCCCCCCCCN(C)C.NCC1CO1. The number of ether oxygens (including phenoxy) is 1. The van der Waals surface area contributed by atoms with Crippen LogP contribution in [0.15, 0.2) is 0 Å². The molecule has 3 nitrogen and oxygen atoms in total. The van der Waals surface area contributed by atoms with Gasteiger partial charge in [0.05, 0.1) is 12.7 Å². The van der Waals surface area contributed by atoms with E-state index in [1.54, 1.807) is 0 Å². The van der Waals surface area contributed by atoms with Gasteiger partial charge in [-0.2, -0.15) is 0 Å². The van der Waals surface area contributed by atoms with Gasteiger partial charge in [-0.15, -0.1) is 34.0 Å². The molecule has 5 heteroatoms. The Morgan fingerprint density at radius 3 is 1.55 bits per heavy atom. The summed E-state index contributed by atoms with van der Waals surface area (Å²) in [4.78, 5) is 2.28. The summed E-state index contributed by atoms with van der Waals surface area (Å²) in [7, 11) is 4.32. The molecular formula is C17H40Br2N2O. The normalized spacial score (nSPS) is 15.4. The van der Waals surface area contributed by atoms with Crippen LogP contribution in [0.5, 0.6) is 0 Å². The molecule has 0 radical (unpaired) electrons. The van der Waals surface area contributed by atoms with Gasteiger partial charge in [0, 0.05) is 6.54 Å². The Kier molecular flexibility index (Phi) is 27.5. The van der Waals surface area contributed by atoms with E-state index in [-0.39, 0.29) is 34.0 Å². The summed E-state index contributed by atoms with van der Waals surface area (Å²) in [6.45, 7) is 5.12. The van der Waals surface area contributed by atoms with E-state index in [9.17, 15) is 0 Å². The highest BCUT2D eigenvalue weighted by atomic mass is 79.9. The van der Waals surface area contributed by atoms with E-state index in [0.717, 1.165) is 6.61 Å². The Morgan fingerprint density at radius 2 is 1.27 bits per heavy atom. The third kappa shape index (κ3) is 25.8. The van der Waals surface area contributed by atoms with Crippen molar-refractivity contribution in [1.82, 2.24) is 4.90 Å². The molecule has 0 spiro atoms. The molecule has 1 fully saturated rings. The van der Waals surface area contributed by atoms with Crippen molar-refractivity contribution in [3.8, 4) is 0 Å². The molecule has 1 heterocycles. The summed E-state index contributed by atoms with van der Waals surface area (Å²) in [6, 6.07) is 0. The highest BCUT2D eigenvalue weighted by molar-refractivity contribution is 8.93. The van der Waals surface area contributed by atoms with Crippen molar-refractivity contribution < 1.29 is 4.74 Å². The van der Waals surface area contributed by atoms with E-state index in [0.29, 0.717) is 12.6 Å². The second kappa shape index (κ2) is 21.8. The van der Waals surface area contributed by atoms with Crippen molar-refractivity contribution >= 4 is 34.0 Å². The third-order valence-corrected chi connectivity index (χ3v) is 3.62. The van der Waals surface area contributed by atoms with Crippen LogP contribution in [0.2, 0.25) is 0 Å². The number of rotatable bonds is 12. The molecule has 1 saturated heterocycles. The lowest BCUT2D eigenvalue weighted by Crippen LogP contribution is -2.12. The highest BCUT2D eigenvalue weighted by Crippen LogP contribution is 2.10. The minimum absolute atomic E-state index is 0. The van der Waals surface area contributed by atoms with Crippen molar-refractivity contribution in [3.05, 3.63) is 0 Å². The van der Waals surface area contributed by atoms with E-state index in [4.69, 9.17) is 10.5 Å². The maximum Gasteiger partial charge on any atom is 0.0931 e. The molecule has 138 valence electrons. The van der Waals surface area contributed by atoms with E-state index < -0.39 is 0 Å². The molecule has 22 heavy (non-hydrogen) atoms. The lowest BCUT2D eigenvalue weighted by atomic mass is 10.1. The molecule has 0 aliphatic carbocycles. The Bertz CT molecular complexity index is 191. The van der Waals surface area contributed by atoms with Gasteiger partial charge in [0.2, 0.25) is 0 Å². The van der Waals surface area contributed by atoms with Gasteiger partial charge < -0.3 is 15.4 Å². The van der Waals surface area contributed by atoms with Gasteiger partial charge in [-0.3, -0.25) is 0 Å². The second-order valence-electron chi connectivity index (χ2n) is 6.18. The highest BCUT2D eigenvalue weighted by Gasteiger charge is 2.18. The number of halogens is 2. The van der Waals surface area contributed by atoms with Gasteiger partial charge >= 0.3 is 0 Å². The molecular weight excluding hydrogens is 408 g/mol. The molecule has 1 atom stereocenters. The molecule has 1 aliphatic rings. The second-order valence-corrected chi connectivity index (χ2v) is 6.18. The van der Waals surface area contributed by atoms with Crippen molar-refractivity contribution in [2.45, 2.75) is 77.2 Å². The zero-order valence-electron chi connectivity index (χ0n) is 15.0. The largest absolute Gasteiger partial charge is 0.372 e. The number of hydrogen-bond acceptors (Lipinski definition) is 3. The van der Waals surface area contributed by atoms with Crippen LogP contribution in [0.25, 0.3) is 0 Å². The number of epoxide rings is 1. The van der Waals surface area contributed by atoms with Crippen LogP contribution in [0.4, 0.5) is 0 Å². The summed E-state index contributed by atoms with van der Waals surface area (Å²) in [6.07, 6.45) is 14.8. The smallest absolute Gasteiger partial charge is 0.0931 e. The first-order valence-electron chi connectivity index (χ1n) is 8.67. The van der Waals surface area contributed by atoms with Gasteiger partial charge in [-0.25, -0.2) is 0 Å². The minimum atomic E-state index is 0. The lowest BCUT2D eigenvalue weighted by molar-refractivity contribution is 0.389. The Balaban J connectivity index is -0.000000436. The van der Waals surface area contributed by atoms with Crippen LogP contribution in [-0.2, 0) is 4.74 Å². The number of nitrogens with two attached hydrogens (primary N) is 1. The van der Waals surface area contributed by atoms with Crippen molar-refractivity contribution in [2.75, 3.05) is 33.8 Å². The van der Waals surface area contributed by atoms with Crippen LogP contribution in [-0.4, -0.2) is 44.8 Å². The lowest BCUT2D eigenvalue weighted by Gasteiger charge is -2.08. The van der Waals surface area contributed by atoms with E-state index in [1.165, 1.54) is 70.8 Å². The van der Waals surface area contributed by atoms with E-state index in [2.05, 4.69) is 25.9 Å². The van der Waals surface area contributed by atoms with Crippen molar-refractivity contribution in [2.24, 2.45) is 5.73 Å². The van der Waals surface area contributed by atoms with Gasteiger partial charge in [-0.05, 0) is 27.1 Å². The fraction of sp³-hybridized carbons (Fsp3) is 1.00. The first kappa shape index (κ1) is 27.7. The molecule has 1 rings (SSSR count). The first-order valence-corrected chi connectivity index (χ1v) is 8.67.